The minimum Gasteiger partial charge on any atom is -0.480 e. The SMILES string of the molecule is CNC(C(=O)NC1CNC(C(=O)O)C1CCCB(O)O)C(C)C. The lowest BCUT2D eigenvalue weighted by Gasteiger charge is -2.26. The Morgan fingerprint density at radius 1 is 1.35 bits per heavy atom. The number of hydrogen-bond donors (Lipinski definition) is 6. The van der Waals surface area contributed by atoms with Gasteiger partial charge in [-0.1, -0.05) is 20.3 Å². The molecular formula is C14H28BN3O5. The number of rotatable bonds is 9. The van der Waals surface area contributed by atoms with E-state index >= 15 is 0 Å². The number of aliphatic carboxylic acids is 1. The van der Waals surface area contributed by atoms with Crippen molar-refractivity contribution in [3.8, 4) is 0 Å². The molecule has 0 aromatic heterocycles. The van der Waals surface area contributed by atoms with Crippen LogP contribution in [0.3, 0.4) is 0 Å². The first-order valence-electron chi connectivity index (χ1n) is 8.07. The third-order valence-corrected chi connectivity index (χ3v) is 4.36. The summed E-state index contributed by atoms with van der Waals surface area (Å²) in [5.41, 5.74) is 0. The minimum atomic E-state index is -1.39. The number of carboxylic acid groups (broad SMARTS) is 1. The quantitative estimate of drug-likeness (QED) is 0.288. The summed E-state index contributed by atoms with van der Waals surface area (Å²) in [6.45, 7) is 4.27. The summed E-state index contributed by atoms with van der Waals surface area (Å²) in [6, 6.07) is -1.35. The van der Waals surface area contributed by atoms with E-state index in [1.54, 1.807) is 7.05 Å². The third-order valence-electron chi connectivity index (χ3n) is 4.36. The highest BCUT2D eigenvalue weighted by molar-refractivity contribution is 6.40. The first-order valence-corrected chi connectivity index (χ1v) is 8.07. The van der Waals surface area contributed by atoms with Crippen molar-refractivity contribution in [1.29, 1.82) is 0 Å². The molecule has 1 aliphatic heterocycles. The Hall–Kier alpha value is -1.16. The molecular weight excluding hydrogens is 301 g/mol. The van der Waals surface area contributed by atoms with E-state index in [4.69, 9.17) is 10.0 Å². The van der Waals surface area contributed by atoms with Gasteiger partial charge < -0.3 is 31.1 Å². The van der Waals surface area contributed by atoms with Gasteiger partial charge in [0.25, 0.3) is 0 Å². The second kappa shape index (κ2) is 9.22. The molecule has 9 heteroatoms. The lowest BCUT2D eigenvalue weighted by molar-refractivity contribution is -0.140. The van der Waals surface area contributed by atoms with Crippen LogP contribution in [0.15, 0.2) is 0 Å². The van der Waals surface area contributed by atoms with Crippen molar-refractivity contribution >= 4 is 19.0 Å². The fraction of sp³-hybridized carbons (Fsp3) is 0.857. The van der Waals surface area contributed by atoms with Gasteiger partial charge >= 0.3 is 13.1 Å². The Balaban J connectivity index is 2.70. The maximum atomic E-state index is 12.3. The van der Waals surface area contributed by atoms with Crippen LogP contribution in [0.25, 0.3) is 0 Å². The zero-order valence-corrected chi connectivity index (χ0v) is 14.0. The molecule has 132 valence electrons. The monoisotopic (exact) mass is 329 g/mol. The van der Waals surface area contributed by atoms with Gasteiger partial charge in [0, 0.05) is 18.5 Å². The van der Waals surface area contributed by atoms with E-state index < -0.39 is 19.1 Å². The van der Waals surface area contributed by atoms with Crippen LogP contribution in [-0.2, 0) is 9.59 Å². The molecule has 23 heavy (non-hydrogen) atoms. The average molecular weight is 329 g/mol. The molecule has 0 aromatic carbocycles. The van der Waals surface area contributed by atoms with Crippen LogP contribution in [0, 0.1) is 11.8 Å². The van der Waals surface area contributed by atoms with E-state index in [9.17, 15) is 14.7 Å². The Morgan fingerprint density at radius 2 is 2.00 bits per heavy atom. The van der Waals surface area contributed by atoms with Gasteiger partial charge in [0.05, 0.1) is 6.04 Å². The Bertz CT molecular complexity index is 408. The highest BCUT2D eigenvalue weighted by Gasteiger charge is 2.41. The summed E-state index contributed by atoms with van der Waals surface area (Å²) in [5, 5.41) is 36.0. The van der Waals surface area contributed by atoms with Crippen LogP contribution in [-0.4, -0.2) is 65.9 Å². The molecule has 1 heterocycles. The molecule has 1 rings (SSSR count). The molecule has 0 radical (unpaired) electrons. The van der Waals surface area contributed by atoms with Crippen LogP contribution in [0.2, 0.25) is 6.32 Å². The number of amides is 1. The topological polar surface area (TPSA) is 131 Å². The molecule has 8 nitrogen and oxygen atoms in total. The van der Waals surface area contributed by atoms with E-state index in [2.05, 4.69) is 16.0 Å². The Kier molecular flexibility index (Phi) is 7.97. The molecule has 0 bridgehead atoms. The Labute approximate surface area is 137 Å². The summed E-state index contributed by atoms with van der Waals surface area (Å²) in [4.78, 5) is 23.7. The summed E-state index contributed by atoms with van der Waals surface area (Å²) in [7, 11) is 0.326. The molecule has 1 saturated heterocycles. The number of carbonyl (C=O) groups is 2. The number of hydrogen-bond acceptors (Lipinski definition) is 6. The summed E-state index contributed by atoms with van der Waals surface area (Å²) in [6.07, 6.45) is 1.17. The molecule has 1 fully saturated rings. The van der Waals surface area contributed by atoms with Gasteiger partial charge in [-0.2, -0.15) is 0 Å². The van der Waals surface area contributed by atoms with Gasteiger partial charge in [-0.3, -0.25) is 9.59 Å². The normalized spacial score (nSPS) is 25.4. The second-order valence-electron chi connectivity index (χ2n) is 6.42. The van der Waals surface area contributed by atoms with Crippen molar-refractivity contribution in [1.82, 2.24) is 16.0 Å². The third kappa shape index (κ3) is 5.76. The fourth-order valence-corrected chi connectivity index (χ4v) is 3.16. The Morgan fingerprint density at radius 3 is 2.48 bits per heavy atom. The number of nitrogens with one attached hydrogen (secondary N) is 3. The molecule has 0 aliphatic carbocycles. The molecule has 4 unspecified atom stereocenters. The summed E-state index contributed by atoms with van der Waals surface area (Å²) < 4.78 is 0. The minimum absolute atomic E-state index is 0.118. The second-order valence-corrected chi connectivity index (χ2v) is 6.42. The fourth-order valence-electron chi connectivity index (χ4n) is 3.16. The van der Waals surface area contributed by atoms with Gasteiger partial charge in [-0.25, -0.2) is 0 Å². The van der Waals surface area contributed by atoms with Crippen molar-refractivity contribution in [3.05, 3.63) is 0 Å². The molecule has 0 aromatic rings. The highest BCUT2D eigenvalue weighted by atomic mass is 16.4. The standard InChI is InChI=1S/C14H28BN3O5/c1-8(2)11(16-3)13(19)18-10-7-17-12(14(20)21)9(10)5-4-6-15(22)23/h8-12,16-17,22-23H,4-7H2,1-3H3,(H,18,19)(H,20,21). The van der Waals surface area contributed by atoms with Crippen molar-refractivity contribution in [2.75, 3.05) is 13.6 Å². The van der Waals surface area contributed by atoms with E-state index in [1.807, 2.05) is 13.8 Å². The number of carboxylic acids is 1. The zero-order valence-electron chi connectivity index (χ0n) is 14.0. The largest absolute Gasteiger partial charge is 0.480 e. The molecule has 1 aliphatic rings. The van der Waals surface area contributed by atoms with E-state index in [0.29, 0.717) is 19.4 Å². The van der Waals surface area contributed by atoms with Crippen LogP contribution in [0.1, 0.15) is 26.7 Å². The van der Waals surface area contributed by atoms with E-state index in [-0.39, 0.29) is 36.1 Å². The number of carbonyl (C=O) groups excluding carboxylic acids is 1. The number of likely N-dealkylation sites (N-methyl/N-ethyl adjacent to an activating group) is 1. The van der Waals surface area contributed by atoms with Gasteiger partial charge in [-0.15, -0.1) is 0 Å². The van der Waals surface area contributed by atoms with E-state index in [0.717, 1.165) is 0 Å². The van der Waals surface area contributed by atoms with Crippen molar-refractivity contribution < 1.29 is 24.7 Å². The van der Waals surface area contributed by atoms with Crippen LogP contribution in [0.4, 0.5) is 0 Å². The van der Waals surface area contributed by atoms with Crippen LogP contribution < -0.4 is 16.0 Å². The molecule has 6 N–H and O–H groups in total. The van der Waals surface area contributed by atoms with Crippen LogP contribution >= 0.6 is 0 Å². The molecule has 4 atom stereocenters. The lowest BCUT2D eigenvalue weighted by Crippen LogP contribution is -2.51. The van der Waals surface area contributed by atoms with Crippen molar-refractivity contribution in [2.45, 2.75) is 51.1 Å². The smallest absolute Gasteiger partial charge is 0.451 e. The van der Waals surface area contributed by atoms with Gasteiger partial charge in [-0.05, 0) is 25.7 Å². The molecule has 0 spiro atoms. The molecule has 1 amide bonds. The first-order chi connectivity index (χ1) is 10.8. The average Bonchev–Trinajstić information content (AvgIpc) is 2.82. The molecule has 0 saturated carbocycles. The summed E-state index contributed by atoms with van der Waals surface area (Å²) in [5.74, 6) is -1.26. The summed E-state index contributed by atoms with van der Waals surface area (Å²) >= 11 is 0. The van der Waals surface area contributed by atoms with Crippen LogP contribution in [0.5, 0.6) is 0 Å². The van der Waals surface area contributed by atoms with Gasteiger partial charge in [0.15, 0.2) is 0 Å². The maximum absolute atomic E-state index is 12.3. The van der Waals surface area contributed by atoms with E-state index in [1.165, 1.54) is 0 Å². The van der Waals surface area contributed by atoms with Crippen molar-refractivity contribution in [3.63, 3.8) is 0 Å². The van der Waals surface area contributed by atoms with Gasteiger partial charge in [0.1, 0.15) is 6.04 Å². The predicted octanol–water partition coefficient (Wildman–Crippen LogP) is -1.36. The van der Waals surface area contributed by atoms with Gasteiger partial charge in [0.2, 0.25) is 5.91 Å². The zero-order chi connectivity index (χ0) is 17.6. The maximum Gasteiger partial charge on any atom is 0.451 e. The highest BCUT2D eigenvalue weighted by Crippen LogP contribution is 2.23. The predicted molar refractivity (Wildman–Crippen MR) is 86.8 cm³/mol. The lowest BCUT2D eigenvalue weighted by atomic mass is 9.80. The van der Waals surface area contributed by atoms with Crippen molar-refractivity contribution in [2.24, 2.45) is 11.8 Å². The first kappa shape index (κ1) is 19.9.